The zero-order valence-electron chi connectivity index (χ0n) is 9.39. The predicted molar refractivity (Wildman–Crippen MR) is 60.0 cm³/mol. The van der Waals surface area contributed by atoms with Crippen LogP contribution in [0.3, 0.4) is 0 Å². The molecule has 0 aromatic carbocycles. The van der Waals surface area contributed by atoms with Crippen molar-refractivity contribution in [1.82, 2.24) is 30.6 Å². The molecule has 0 atom stereocenters. The average molecular weight is 234 g/mol. The minimum atomic E-state index is 0.493. The van der Waals surface area contributed by atoms with Gasteiger partial charge in [-0.25, -0.2) is 0 Å². The van der Waals surface area contributed by atoms with Crippen molar-refractivity contribution in [2.45, 2.75) is 6.54 Å². The van der Waals surface area contributed by atoms with E-state index in [1.54, 1.807) is 6.20 Å². The molecule has 90 valence electrons. The minimum Gasteiger partial charge on any atom is -0.332 e. The van der Waals surface area contributed by atoms with Crippen LogP contribution in [0.2, 0.25) is 0 Å². The highest BCUT2D eigenvalue weighted by Gasteiger charge is 2.15. The van der Waals surface area contributed by atoms with Gasteiger partial charge in [0.25, 0.3) is 5.89 Å². The number of hydrogen-bond donors (Lipinski definition) is 2. The Kier molecular flexibility index (Phi) is 2.85. The van der Waals surface area contributed by atoms with Crippen molar-refractivity contribution >= 4 is 0 Å². The zero-order valence-corrected chi connectivity index (χ0v) is 9.39. The first-order valence-corrected chi connectivity index (χ1v) is 5.67. The summed E-state index contributed by atoms with van der Waals surface area (Å²) in [6.45, 7) is 4.82. The Morgan fingerprint density at radius 2 is 2.24 bits per heavy atom. The minimum absolute atomic E-state index is 0.493. The maximum atomic E-state index is 5.18. The van der Waals surface area contributed by atoms with Crippen LogP contribution in [-0.2, 0) is 6.54 Å². The Bertz CT molecular complexity index is 459. The Morgan fingerprint density at radius 3 is 3.00 bits per heavy atom. The van der Waals surface area contributed by atoms with Gasteiger partial charge in [0.1, 0.15) is 5.69 Å². The molecule has 17 heavy (non-hydrogen) atoms. The first-order chi connectivity index (χ1) is 8.42. The third kappa shape index (κ3) is 2.34. The summed E-state index contributed by atoms with van der Waals surface area (Å²) in [5, 5.41) is 13.9. The maximum Gasteiger partial charge on any atom is 0.275 e. The lowest BCUT2D eigenvalue weighted by atomic mass is 10.3. The highest BCUT2D eigenvalue weighted by molar-refractivity contribution is 5.44. The van der Waals surface area contributed by atoms with E-state index in [0.29, 0.717) is 5.89 Å². The average Bonchev–Trinajstić information content (AvgIpc) is 3.00. The molecule has 0 bridgehead atoms. The van der Waals surface area contributed by atoms with E-state index >= 15 is 0 Å². The summed E-state index contributed by atoms with van der Waals surface area (Å²) in [4.78, 5) is 6.64. The van der Waals surface area contributed by atoms with Crippen LogP contribution in [0.5, 0.6) is 0 Å². The topological polar surface area (TPSA) is 82.9 Å². The molecule has 1 fully saturated rings. The predicted octanol–water partition coefficient (Wildman–Crippen LogP) is -0.135. The second-order valence-electron chi connectivity index (χ2n) is 4.01. The van der Waals surface area contributed by atoms with Gasteiger partial charge in [0.05, 0.1) is 6.54 Å². The SMILES string of the molecule is c1cc(-c2nc(CN3CCNCC3)no2)[nH]n1. The van der Waals surface area contributed by atoms with Crippen molar-refractivity contribution in [2.24, 2.45) is 0 Å². The van der Waals surface area contributed by atoms with Crippen LogP contribution in [-0.4, -0.2) is 51.4 Å². The summed E-state index contributed by atoms with van der Waals surface area (Å²) in [7, 11) is 0. The number of hydrogen-bond acceptors (Lipinski definition) is 6. The zero-order chi connectivity index (χ0) is 11.5. The van der Waals surface area contributed by atoms with Crippen LogP contribution in [0, 0.1) is 0 Å². The quantitative estimate of drug-likeness (QED) is 0.769. The first kappa shape index (κ1) is 10.4. The van der Waals surface area contributed by atoms with Crippen molar-refractivity contribution in [2.75, 3.05) is 26.2 Å². The normalized spacial score (nSPS) is 17.4. The van der Waals surface area contributed by atoms with E-state index in [2.05, 4.69) is 30.6 Å². The molecule has 2 aromatic heterocycles. The van der Waals surface area contributed by atoms with Crippen LogP contribution < -0.4 is 5.32 Å². The molecule has 0 unspecified atom stereocenters. The van der Waals surface area contributed by atoms with Gasteiger partial charge in [0.2, 0.25) is 0 Å². The van der Waals surface area contributed by atoms with Crippen LogP contribution in [0.1, 0.15) is 5.82 Å². The monoisotopic (exact) mass is 234 g/mol. The van der Waals surface area contributed by atoms with E-state index in [-0.39, 0.29) is 0 Å². The van der Waals surface area contributed by atoms with Crippen molar-refractivity contribution in [3.63, 3.8) is 0 Å². The molecule has 0 amide bonds. The summed E-state index contributed by atoms with van der Waals surface area (Å²) in [5.74, 6) is 1.21. The molecular weight excluding hydrogens is 220 g/mol. The number of aromatic nitrogens is 4. The molecule has 0 aliphatic carbocycles. The third-order valence-corrected chi connectivity index (χ3v) is 2.77. The fourth-order valence-electron chi connectivity index (χ4n) is 1.87. The van der Waals surface area contributed by atoms with Crippen LogP contribution in [0.25, 0.3) is 11.6 Å². The van der Waals surface area contributed by atoms with Gasteiger partial charge in [0.15, 0.2) is 5.82 Å². The lowest BCUT2D eigenvalue weighted by Gasteiger charge is -2.25. The van der Waals surface area contributed by atoms with Gasteiger partial charge in [-0.1, -0.05) is 5.16 Å². The Balaban J connectivity index is 1.68. The number of piperazine rings is 1. The highest BCUT2D eigenvalue weighted by Crippen LogP contribution is 2.13. The van der Waals surface area contributed by atoms with Crippen molar-refractivity contribution < 1.29 is 4.52 Å². The summed E-state index contributed by atoms with van der Waals surface area (Å²) in [6, 6.07) is 1.81. The smallest absolute Gasteiger partial charge is 0.275 e. The first-order valence-electron chi connectivity index (χ1n) is 5.67. The molecule has 3 heterocycles. The largest absolute Gasteiger partial charge is 0.332 e. The maximum absolute atomic E-state index is 5.18. The summed E-state index contributed by atoms with van der Waals surface area (Å²) >= 11 is 0. The molecule has 2 N–H and O–H groups in total. The Labute approximate surface area is 98.2 Å². The van der Waals surface area contributed by atoms with Crippen molar-refractivity contribution in [3.8, 4) is 11.6 Å². The second-order valence-corrected chi connectivity index (χ2v) is 4.01. The molecular formula is C10H14N6O. The summed E-state index contributed by atoms with van der Waals surface area (Å²) in [6.07, 6.45) is 1.66. The van der Waals surface area contributed by atoms with E-state index in [0.717, 1.165) is 44.2 Å². The van der Waals surface area contributed by atoms with E-state index in [1.807, 2.05) is 6.07 Å². The standard InChI is InChI=1S/C10H14N6O/c1-2-12-14-8(1)10-13-9(15-17-10)7-16-5-3-11-4-6-16/h1-2,11H,3-7H2,(H,12,14). The van der Waals surface area contributed by atoms with Crippen molar-refractivity contribution in [1.29, 1.82) is 0 Å². The molecule has 1 aliphatic rings. The van der Waals surface area contributed by atoms with Gasteiger partial charge >= 0.3 is 0 Å². The number of nitrogens with zero attached hydrogens (tertiary/aromatic N) is 4. The molecule has 1 saturated heterocycles. The second kappa shape index (κ2) is 4.64. The van der Waals surface area contributed by atoms with Gasteiger partial charge < -0.3 is 9.84 Å². The van der Waals surface area contributed by atoms with Gasteiger partial charge in [-0.2, -0.15) is 10.1 Å². The molecule has 2 aromatic rings. The van der Waals surface area contributed by atoms with Crippen molar-refractivity contribution in [3.05, 3.63) is 18.1 Å². The molecule has 7 heteroatoms. The number of rotatable bonds is 3. The molecule has 3 rings (SSSR count). The van der Waals surface area contributed by atoms with Gasteiger partial charge in [0, 0.05) is 32.4 Å². The third-order valence-electron chi connectivity index (χ3n) is 2.77. The van der Waals surface area contributed by atoms with Gasteiger partial charge in [-0.15, -0.1) is 0 Å². The van der Waals surface area contributed by atoms with Gasteiger partial charge in [-0.05, 0) is 6.07 Å². The van der Waals surface area contributed by atoms with Crippen LogP contribution in [0.4, 0.5) is 0 Å². The molecule has 0 saturated carbocycles. The number of aromatic amines is 1. The molecule has 0 radical (unpaired) electrons. The Hall–Kier alpha value is -1.73. The highest BCUT2D eigenvalue weighted by atomic mass is 16.5. The molecule has 1 aliphatic heterocycles. The summed E-state index contributed by atoms with van der Waals surface area (Å²) < 4.78 is 5.18. The molecule has 0 spiro atoms. The van der Waals surface area contributed by atoms with E-state index in [4.69, 9.17) is 4.52 Å². The fraction of sp³-hybridized carbons (Fsp3) is 0.500. The van der Waals surface area contributed by atoms with Crippen LogP contribution in [0.15, 0.2) is 16.8 Å². The van der Waals surface area contributed by atoms with E-state index in [1.165, 1.54) is 0 Å². The lowest BCUT2D eigenvalue weighted by molar-refractivity contribution is 0.225. The fourth-order valence-corrected chi connectivity index (χ4v) is 1.87. The number of nitrogens with one attached hydrogen (secondary N) is 2. The number of H-pyrrole nitrogens is 1. The summed E-state index contributed by atoms with van der Waals surface area (Å²) in [5.41, 5.74) is 0.754. The van der Waals surface area contributed by atoms with E-state index in [9.17, 15) is 0 Å². The Morgan fingerprint density at radius 1 is 1.35 bits per heavy atom. The molecule has 7 nitrogen and oxygen atoms in total. The lowest BCUT2D eigenvalue weighted by Crippen LogP contribution is -2.43. The van der Waals surface area contributed by atoms with Crippen LogP contribution >= 0.6 is 0 Å². The van der Waals surface area contributed by atoms with Gasteiger partial charge in [-0.3, -0.25) is 10.00 Å². The van der Waals surface area contributed by atoms with E-state index < -0.39 is 0 Å².